The van der Waals surface area contributed by atoms with E-state index in [2.05, 4.69) is 36.2 Å². The summed E-state index contributed by atoms with van der Waals surface area (Å²) in [7, 11) is -2.44. The maximum Gasteiger partial charge on any atom is 0.279 e. The quantitative estimate of drug-likeness (QED) is 0.739. The molecule has 0 amide bonds. The topological polar surface area (TPSA) is 86.9 Å². The zero-order chi connectivity index (χ0) is 15.6. The molecule has 114 valence electrons. The van der Waals surface area contributed by atoms with E-state index in [1.165, 1.54) is 6.20 Å². The molecular weight excluding hydrogens is 370 g/mol. The number of benzene rings is 1. The van der Waals surface area contributed by atoms with Crippen molar-refractivity contribution in [3.05, 3.63) is 40.0 Å². The molecule has 0 bridgehead atoms. The average molecular weight is 381 g/mol. The van der Waals surface area contributed by atoms with E-state index in [0.717, 1.165) is 6.07 Å². The van der Waals surface area contributed by atoms with Gasteiger partial charge >= 0.3 is 0 Å². The highest BCUT2D eigenvalue weighted by molar-refractivity contribution is 9.10. The number of anilines is 1. The van der Waals surface area contributed by atoms with Gasteiger partial charge in [-0.15, -0.1) is 0 Å². The molecule has 0 atom stereocenters. The molecule has 0 aliphatic carbocycles. The smallest absolute Gasteiger partial charge is 0.279 e. The molecule has 2 rings (SSSR count). The van der Waals surface area contributed by atoms with Gasteiger partial charge in [0.05, 0.1) is 11.9 Å². The minimum Gasteiger partial charge on any atom is -0.316 e. The number of hydrogen-bond acceptors (Lipinski definition) is 4. The minimum absolute atomic E-state index is 0.0433. The highest BCUT2D eigenvalue weighted by Gasteiger charge is 2.23. The van der Waals surface area contributed by atoms with Crippen LogP contribution in [0.5, 0.6) is 0 Å². The molecule has 3 N–H and O–H groups in total. The van der Waals surface area contributed by atoms with Gasteiger partial charge in [-0.05, 0) is 29.0 Å². The Hall–Kier alpha value is -1.52. The van der Waals surface area contributed by atoms with Gasteiger partial charge in [0.1, 0.15) is 5.82 Å². The Kier molecular flexibility index (Phi) is 4.59. The Morgan fingerprint density at radius 1 is 1.38 bits per heavy atom. The molecule has 1 aromatic carbocycles. The van der Waals surface area contributed by atoms with Gasteiger partial charge in [-0.2, -0.15) is 13.5 Å². The SMILES string of the molecule is CNCc1cn[nH]c1S(=O)(=O)Nc1c(F)cc(F)cc1Br. The number of rotatable bonds is 5. The van der Waals surface area contributed by atoms with Crippen LogP contribution in [0.3, 0.4) is 0 Å². The van der Waals surface area contributed by atoms with Crippen molar-refractivity contribution < 1.29 is 17.2 Å². The molecule has 1 heterocycles. The van der Waals surface area contributed by atoms with E-state index in [-0.39, 0.29) is 21.7 Å². The van der Waals surface area contributed by atoms with Crippen LogP contribution in [0.25, 0.3) is 0 Å². The lowest BCUT2D eigenvalue weighted by atomic mass is 10.3. The van der Waals surface area contributed by atoms with Crippen molar-refractivity contribution in [3.8, 4) is 0 Å². The highest BCUT2D eigenvalue weighted by atomic mass is 79.9. The third kappa shape index (κ3) is 3.39. The number of hydrogen-bond donors (Lipinski definition) is 3. The Morgan fingerprint density at radius 3 is 2.71 bits per heavy atom. The molecule has 0 saturated carbocycles. The van der Waals surface area contributed by atoms with Gasteiger partial charge < -0.3 is 5.32 Å². The number of halogens is 3. The van der Waals surface area contributed by atoms with Crippen LogP contribution in [0.4, 0.5) is 14.5 Å². The molecule has 21 heavy (non-hydrogen) atoms. The first-order valence-electron chi connectivity index (χ1n) is 5.69. The van der Waals surface area contributed by atoms with Crippen LogP contribution in [0, 0.1) is 11.6 Å². The van der Waals surface area contributed by atoms with Gasteiger partial charge in [0, 0.05) is 22.6 Å². The largest absolute Gasteiger partial charge is 0.316 e. The van der Waals surface area contributed by atoms with Crippen molar-refractivity contribution in [2.45, 2.75) is 11.6 Å². The van der Waals surface area contributed by atoms with Crippen LogP contribution in [0.1, 0.15) is 5.56 Å². The van der Waals surface area contributed by atoms with Gasteiger partial charge in [0.25, 0.3) is 10.0 Å². The van der Waals surface area contributed by atoms with Gasteiger partial charge in [-0.3, -0.25) is 9.82 Å². The van der Waals surface area contributed by atoms with Crippen molar-refractivity contribution >= 4 is 31.6 Å². The lowest BCUT2D eigenvalue weighted by Gasteiger charge is -2.11. The number of sulfonamides is 1. The van der Waals surface area contributed by atoms with Gasteiger partial charge in [0.15, 0.2) is 10.8 Å². The summed E-state index contributed by atoms with van der Waals surface area (Å²) in [5, 5.41) is 8.61. The van der Waals surface area contributed by atoms with E-state index in [1.54, 1.807) is 7.05 Å². The van der Waals surface area contributed by atoms with E-state index in [4.69, 9.17) is 0 Å². The molecule has 10 heteroatoms. The van der Waals surface area contributed by atoms with Gasteiger partial charge in [-0.25, -0.2) is 8.78 Å². The van der Waals surface area contributed by atoms with Crippen LogP contribution in [0.15, 0.2) is 27.8 Å². The molecule has 0 saturated heterocycles. The van der Waals surface area contributed by atoms with Gasteiger partial charge in [-0.1, -0.05) is 0 Å². The fourth-order valence-corrected chi connectivity index (χ4v) is 3.53. The Labute approximate surface area is 128 Å². The summed E-state index contributed by atoms with van der Waals surface area (Å²) < 4.78 is 53.2. The van der Waals surface area contributed by atoms with E-state index in [9.17, 15) is 17.2 Å². The summed E-state index contributed by atoms with van der Waals surface area (Å²) in [6.07, 6.45) is 1.35. The van der Waals surface area contributed by atoms with Crippen LogP contribution < -0.4 is 10.0 Å². The number of aromatic amines is 1. The number of aromatic nitrogens is 2. The van der Waals surface area contributed by atoms with Crippen LogP contribution in [-0.2, 0) is 16.6 Å². The lowest BCUT2D eigenvalue weighted by molar-refractivity contribution is 0.580. The normalized spacial score (nSPS) is 11.6. The van der Waals surface area contributed by atoms with Crippen LogP contribution in [0.2, 0.25) is 0 Å². The first kappa shape index (κ1) is 15.9. The Morgan fingerprint density at radius 2 is 2.10 bits per heavy atom. The van der Waals surface area contributed by atoms with Crippen molar-refractivity contribution in [1.82, 2.24) is 15.5 Å². The molecule has 0 unspecified atom stereocenters. The summed E-state index contributed by atoms with van der Waals surface area (Å²) >= 11 is 2.92. The van der Waals surface area contributed by atoms with Crippen molar-refractivity contribution in [2.24, 2.45) is 0 Å². The number of nitrogens with one attached hydrogen (secondary N) is 3. The standard InChI is InChI=1S/C11H11BrF2N4O2S/c1-15-4-6-5-16-17-11(6)21(19,20)18-10-8(12)2-7(13)3-9(10)14/h2-3,5,15,18H,4H2,1H3,(H,16,17). The Bertz CT molecular complexity index is 740. The van der Waals surface area contributed by atoms with Crippen LogP contribution >= 0.6 is 15.9 Å². The van der Waals surface area contributed by atoms with E-state index in [1.807, 2.05) is 0 Å². The summed E-state index contributed by atoms with van der Waals surface area (Å²) in [5.74, 6) is -1.85. The summed E-state index contributed by atoms with van der Waals surface area (Å²) in [4.78, 5) is 0. The molecule has 6 nitrogen and oxygen atoms in total. The lowest BCUT2D eigenvalue weighted by Crippen LogP contribution is -2.18. The third-order valence-electron chi connectivity index (χ3n) is 2.56. The first-order valence-corrected chi connectivity index (χ1v) is 7.97. The maximum absolute atomic E-state index is 13.7. The van der Waals surface area contributed by atoms with E-state index >= 15 is 0 Å². The fraction of sp³-hybridized carbons (Fsp3) is 0.182. The van der Waals surface area contributed by atoms with Crippen molar-refractivity contribution in [1.29, 1.82) is 0 Å². The van der Waals surface area contributed by atoms with E-state index < -0.39 is 21.7 Å². The second-order valence-corrected chi connectivity index (χ2v) is 6.58. The molecule has 0 fully saturated rings. The van der Waals surface area contributed by atoms with Gasteiger partial charge in [0.2, 0.25) is 0 Å². The summed E-state index contributed by atoms with van der Waals surface area (Å²) in [6.45, 7) is 0.264. The van der Waals surface area contributed by atoms with Crippen LogP contribution in [-0.4, -0.2) is 25.7 Å². The molecule has 0 aliphatic heterocycles. The van der Waals surface area contributed by atoms with E-state index in [0.29, 0.717) is 11.6 Å². The third-order valence-corrected chi connectivity index (χ3v) is 4.55. The summed E-state index contributed by atoms with van der Waals surface area (Å²) in [5.41, 5.74) is 0.0186. The predicted octanol–water partition coefficient (Wildman–Crippen LogP) is 1.97. The zero-order valence-corrected chi connectivity index (χ0v) is 13.1. The monoisotopic (exact) mass is 380 g/mol. The molecule has 0 spiro atoms. The molecule has 2 aromatic rings. The number of H-pyrrole nitrogens is 1. The first-order chi connectivity index (χ1) is 9.85. The number of nitrogens with zero attached hydrogens (tertiary/aromatic N) is 1. The second kappa shape index (κ2) is 6.08. The maximum atomic E-state index is 13.7. The summed E-state index contributed by atoms with van der Waals surface area (Å²) in [6, 6.07) is 1.55. The average Bonchev–Trinajstić information content (AvgIpc) is 2.83. The highest BCUT2D eigenvalue weighted by Crippen LogP contribution is 2.29. The molecule has 0 radical (unpaired) electrons. The second-order valence-electron chi connectivity index (χ2n) is 4.10. The Balaban J connectivity index is 2.40. The molecule has 0 aliphatic rings. The predicted molar refractivity (Wildman–Crippen MR) is 76.2 cm³/mol. The molecule has 1 aromatic heterocycles. The minimum atomic E-state index is -4.08. The van der Waals surface area contributed by atoms with Crippen molar-refractivity contribution in [2.75, 3.05) is 11.8 Å². The molecular formula is C11H11BrF2N4O2S. The zero-order valence-electron chi connectivity index (χ0n) is 10.7. The van der Waals surface area contributed by atoms with Crippen molar-refractivity contribution in [3.63, 3.8) is 0 Å². The fourth-order valence-electron chi connectivity index (χ4n) is 1.67.